The molecule has 2 saturated heterocycles. The Hall–Kier alpha value is -2.61. The number of carbonyl (C=O) groups is 3. The smallest absolute Gasteiger partial charge is 0.409 e. The van der Waals surface area contributed by atoms with Gasteiger partial charge in [-0.25, -0.2) is 4.79 Å². The van der Waals surface area contributed by atoms with Gasteiger partial charge in [-0.15, -0.1) is 0 Å². The molecule has 8 heteroatoms. The third-order valence-electron chi connectivity index (χ3n) is 4.78. The second-order valence-corrected chi connectivity index (χ2v) is 6.71. The Morgan fingerprint density at radius 1 is 1.15 bits per heavy atom. The number of hydrogen-bond acceptors (Lipinski definition) is 5. The first-order valence-electron chi connectivity index (χ1n) is 9.41. The first-order valence-corrected chi connectivity index (χ1v) is 9.41. The van der Waals surface area contributed by atoms with Gasteiger partial charge in [0.05, 0.1) is 13.2 Å². The van der Waals surface area contributed by atoms with Crippen LogP contribution in [0.4, 0.5) is 16.2 Å². The van der Waals surface area contributed by atoms with Gasteiger partial charge in [0.2, 0.25) is 11.8 Å². The van der Waals surface area contributed by atoms with E-state index < -0.39 is 0 Å². The summed E-state index contributed by atoms with van der Waals surface area (Å²) in [5.74, 6) is 0.0161. The first kappa shape index (κ1) is 19.2. The Balaban J connectivity index is 1.49. The Bertz CT molecular complexity index is 701. The zero-order valence-electron chi connectivity index (χ0n) is 15.6. The number of nitrogens with one attached hydrogen (secondary N) is 1. The van der Waals surface area contributed by atoms with E-state index in [9.17, 15) is 14.4 Å². The Morgan fingerprint density at radius 3 is 2.59 bits per heavy atom. The van der Waals surface area contributed by atoms with Gasteiger partial charge in [0.25, 0.3) is 0 Å². The van der Waals surface area contributed by atoms with E-state index in [1.54, 1.807) is 16.7 Å². The van der Waals surface area contributed by atoms with Gasteiger partial charge in [0, 0.05) is 50.5 Å². The standard InChI is InChI=1S/C19H26N4O4/c1-2-27-19(26)22-11-9-21(10-12-22)14-17(24)20-15-5-3-6-16(13-15)23-8-4-7-18(23)25/h3,5-6,13H,2,4,7-12,14H2,1H3,(H,20,24). The molecular weight excluding hydrogens is 348 g/mol. The Morgan fingerprint density at radius 2 is 1.93 bits per heavy atom. The lowest BCUT2D eigenvalue weighted by Gasteiger charge is -2.33. The molecule has 0 saturated carbocycles. The maximum Gasteiger partial charge on any atom is 0.409 e. The van der Waals surface area contributed by atoms with E-state index in [0.717, 1.165) is 18.7 Å². The molecule has 146 valence electrons. The molecule has 8 nitrogen and oxygen atoms in total. The van der Waals surface area contributed by atoms with E-state index in [0.29, 0.717) is 44.9 Å². The highest BCUT2D eigenvalue weighted by atomic mass is 16.6. The SMILES string of the molecule is CCOC(=O)N1CCN(CC(=O)Nc2cccc(N3CCCC3=O)c2)CC1. The second-order valence-electron chi connectivity index (χ2n) is 6.71. The molecule has 0 radical (unpaired) electrons. The molecule has 0 aliphatic carbocycles. The van der Waals surface area contributed by atoms with Gasteiger partial charge >= 0.3 is 6.09 Å². The van der Waals surface area contributed by atoms with Crippen molar-refractivity contribution < 1.29 is 19.1 Å². The normalized spacial score (nSPS) is 17.9. The zero-order chi connectivity index (χ0) is 19.2. The molecule has 3 rings (SSSR count). The lowest BCUT2D eigenvalue weighted by Crippen LogP contribution is -2.50. The molecular formula is C19H26N4O4. The highest BCUT2D eigenvalue weighted by molar-refractivity contribution is 5.97. The number of anilines is 2. The second kappa shape index (κ2) is 8.85. The van der Waals surface area contributed by atoms with Crippen molar-refractivity contribution in [2.75, 3.05) is 56.1 Å². The molecule has 2 aliphatic heterocycles. The van der Waals surface area contributed by atoms with Gasteiger partial charge in [-0.1, -0.05) is 6.07 Å². The van der Waals surface area contributed by atoms with Gasteiger partial charge < -0.3 is 19.9 Å². The first-order chi connectivity index (χ1) is 13.1. The molecule has 1 N–H and O–H groups in total. The van der Waals surface area contributed by atoms with Crippen molar-refractivity contribution in [1.29, 1.82) is 0 Å². The molecule has 0 aromatic heterocycles. The molecule has 0 spiro atoms. The predicted octanol–water partition coefficient (Wildman–Crippen LogP) is 1.53. The van der Waals surface area contributed by atoms with Crippen LogP contribution >= 0.6 is 0 Å². The fourth-order valence-electron chi connectivity index (χ4n) is 3.38. The van der Waals surface area contributed by atoms with Crippen molar-refractivity contribution in [3.63, 3.8) is 0 Å². The molecule has 0 atom stereocenters. The van der Waals surface area contributed by atoms with Crippen molar-refractivity contribution in [3.05, 3.63) is 24.3 Å². The van der Waals surface area contributed by atoms with E-state index in [1.807, 2.05) is 29.2 Å². The van der Waals surface area contributed by atoms with Crippen LogP contribution < -0.4 is 10.2 Å². The largest absolute Gasteiger partial charge is 0.450 e. The monoisotopic (exact) mass is 374 g/mol. The summed E-state index contributed by atoms with van der Waals surface area (Å²) in [7, 11) is 0. The molecule has 2 aliphatic rings. The summed E-state index contributed by atoms with van der Waals surface area (Å²) in [6, 6.07) is 7.38. The summed E-state index contributed by atoms with van der Waals surface area (Å²) in [6.45, 7) is 5.52. The number of piperazine rings is 1. The fourth-order valence-corrected chi connectivity index (χ4v) is 3.38. The highest BCUT2D eigenvalue weighted by Crippen LogP contribution is 2.24. The highest BCUT2D eigenvalue weighted by Gasteiger charge is 2.24. The predicted molar refractivity (Wildman–Crippen MR) is 102 cm³/mol. The number of benzene rings is 1. The number of hydrogen-bond donors (Lipinski definition) is 1. The molecule has 0 unspecified atom stereocenters. The minimum absolute atomic E-state index is 0.107. The van der Waals surface area contributed by atoms with Crippen molar-refractivity contribution in [3.8, 4) is 0 Å². The summed E-state index contributed by atoms with van der Waals surface area (Å²) < 4.78 is 5.00. The van der Waals surface area contributed by atoms with Gasteiger partial charge in [0.15, 0.2) is 0 Å². The molecule has 1 aromatic carbocycles. The third-order valence-corrected chi connectivity index (χ3v) is 4.78. The summed E-state index contributed by atoms with van der Waals surface area (Å²) in [4.78, 5) is 41.4. The molecule has 3 amide bonds. The number of nitrogens with zero attached hydrogens (tertiary/aromatic N) is 3. The van der Waals surface area contributed by atoms with Crippen LogP contribution in [-0.2, 0) is 14.3 Å². The van der Waals surface area contributed by atoms with Gasteiger partial charge in [-0.3, -0.25) is 14.5 Å². The molecule has 0 bridgehead atoms. The number of carbonyl (C=O) groups excluding carboxylic acids is 3. The molecule has 1 aromatic rings. The van der Waals surface area contributed by atoms with Crippen molar-refractivity contribution >= 4 is 29.3 Å². The Labute approximate surface area is 159 Å². The van der Waals surface area contributed by atoms with E-state index in [1.165, 1.54) is 0 Å². The van der Waals surface area contributed by atoms with Gasteiger partial charge in [-0.2, -0.15) is 0 Å². The lowest BCUT2D eigenvalue weighted by atomic mass is 10.2. The van der Waals surface area contributed by atoms with Crippen LogP contribution in [0, 0.1) is 0 Å². The van der Waals surface area contributed by atoms with Crippen molar-refractivity contribution in [2.45, 2.75) is 19.8 Å². The van der Waals surface area contributed by atoms with Crippen LogP contribution in [-0.4, -0.2) is 73.6 Å². The summed E-state index contributed by atoms with van der Waals surface area (Å²) >= 11 is 0. The van der Waals surface area contributed by atoms with Crippen molar-refractivity contribution in [2.24, 2.45) is 0 Å². The average Bonchev–Trinajstić information content (AvgIpc) is 3.08. The van der Waals surface area contributed by atoms with E-state index in [4.69, 9.17) is 4.74 Å². The minimum atomic E-state index is -0.296. The zero-order valence-corrected chi connectivity index (χ0v) is 15.6. The summed E-state index contributed by atoms with van der Waals surface area (Å²) in [5, 5.41) is 2.90. The number of ether oxygens (including phenoxy) is 1. The van der Waals surface area contributed by atoms with E-state index >= 15 is 0 Å². The van der Waals surface area contributed by atoms with Crippen LogP contribution in [0.1, 0.15) is 19.8 Å². The molecule has 2 heterocycles. The minimum Gasteiger partial charge on any atom is -0.450 e. The van der Waals surface area contributed by atoms with Crippen LogP contribution in [0.2, 0.25) is 0 Å². The van der Waals surface area contributed by atoms with E-state index in [2.05, 4.69) is 5.32 Å². The third kappa shape index (κ3) is 4.97. The quantitative estimate of drug-likeness (QED) is 0.845. The Kier molecular flexibility index (Phi) is 6.28. The molecule has 2 fully saturated rings. The lowest BCUT2D eigenvalue weighted by molar-refractivity contribution is -0.118. The molecule has 27 heavy (non-hydrogen) atoms. The van der Waals surface area contributed by atoms with Crippen molar-refractivity contribution in [1.82, 2.24) is 9.80 Å². The number of amides is 3. The van der Waals surface area contributed by atoms with Crippen LogP contribution in [0.3, 0.4) is 0 Å². The van der Waals surface area contributed by atoms with E-state index in [-0.39, 0.29) is 24.5 Å². The van der Waals surface area contributed by atoms with Gasteiger partial charge in [0.1, 0.15) is 0 Å². The van der Waals surface area contributed by atoms with Gasteiger partial charge in [-0.05, 0) is 31.5 Å². The van der Waals surface area contributed by atoms with Crippen LogP contribution in [0.5, 0.6) is 0 Å². The number of rotatable bonds is 5. The average molecular weight is 374 g/mol. The topological polar surface area (TPSA) is 82.2 Å². The maximum absolute atomic E-state index is 12.4. The van der Waals surface area contributed by atoms with Crippen LogP contribution in [0.15, 0.2) is 24.3 Å². The summed E-state index contributed by atoms with van der Waals surface area (Å²) in [5.41, 5.74) is 1.50. The summed E-state index contributed by atoms with van der Waals surface area (Å²) in [6.07, 6.45) is 1.15. The fraction of sp³-hybridized carbons (Fsp3) is 0.526. The van der Waals surface area contributed by atoms with Crippen LogP contribution in [0.25, 0.3) is 0 Å². The maximum atomic E-state index is 12.4.